The molecule has 1 radical (unpaired) electrons. The molecule has 0 saturated carbocycles. The average molecular weight is 918 g/mol. The third-order valence-electron chi connectivity index (χ3n) is 10.2. The van der Waals surface area contributed by atoms with Gasteiger partial charge in [0.25, 0.3) is 0 Å². The second-order valence-corrected chi connectivity index (χ2v) is 16.0. The first-order valence-electron chi connectivity index (χ1n) is 18.6. The number of hydrogen-bond acceptors (Lipinski definition) is 5. The minimum Gasteiger partial charge on any atom is -0.498 e. The van der Waals surface area contributed by atoms with Crippen LogP contribution < -0.4 is 0 Å². The molecule has 0 unspecified atom stereocenters. The Hall–Kier alpha value is -6.37. The molecular formula is C50H39IrN5O-2. The van der Waals surface area contributed by atoms with Gasteiger partial charge in [0.05, 0.1) is 33.8 Å². The minimum absolute atomic E-state index is 0. The van der Waals surface area contributed by atoms with Crippen LogP contribution in [0.1, 0.15) is 63.8 Å². The Kier molecular flexibility index (Phi) is 10.4. The van der Waals surface area contributed by atoms with Crippen molar-refractivity contribution in [1.29, 1.82) is 10.5 Å². The van der Waals surface area contributed by atoms with E-state index in [4.69, 9.17) is 4.42 Å². The number of hydrogen-bond donors (Lipinski definition) is 0. The van der Waals surface area contributed by atoms with Gasteiger partial charge in [0, 0.05) is 48.7 Å². The Morgan fingerprint density at radius 1 is 0.632 bits per heavy atom. The molecule has 0 bridgehead atoms. The first kappa shape index (κ1) is 38.9. The molecule has 4 aromatic heterocycles. The molecular weight excluding hydrogens is 879 g/mol. The molecule has 9 aromatic rings. The summed E-state index contributed by atoms with van der Waals surface area (Å²) in [6.45, 7) is 13.3. The van der Waals surface area contributed by atoms with Crippen LogP contribution in [-0.2, 0) is 30.9 Å². The summed E-state index contributed by atoms with van der Waals surface area (Å²) < 4.78 is 8.62. The molecule has 0 aliphatic carbocycles. The van der Waals surface area contributed by atoms with E-state index in [1.165, 1.54) is 11.1 Å². The fraction of sp³-hybridized carbons (Fsp3) is 0.160. The van der Waals surface area contributed by atoms with Gasteiger partial charge in [-0.25, -0.2) is 0 Å². The van der Waals surface area contributed by atoms with Crippen molar-refractivity contribution >= 4 is 43.7 Å². The van der Waals surface area contributed by atoms with Crippen LogP contribution in [0.15, 0.2) is 132 Å². The summed E-state index contributed by atoms with van der Waals surface area (Å²) in [7, 11) is 0. The molecule has 0 spiro atoms. The van der Waals surface area contributed by atoms with Gasteiger partial charge < -0.3 is 19.0 Å². The SMILES string of the molecule is CC(C)(C)c1c[c-]c(-c2ccc(C(C)(C)C)cn2)cc1.N#Cc1ccc2c3ccccc3n(-c3c(C#N)ccc4c3oc3c(-c5ccccn5)[c-]ccc34)c2c1.[Ir]. The summed E-state index contributed by atoms with van der Waals surface area (Å²) in [6.07, 6.45) is 3.72. The fourth-order valence-corrected chi connectivity index (χ4v) is 7.13. The van der Waals surface area contributed by atoms with E-state index in [0.29, 0.717) is 28.0 Å². The molecule has 4 heterocycles. The van der Waals surface area contributed by atoms with E-state index in [1.54, 1.807) is 6.20 Å². The van der Waals surface area contributed by atoms with Gasteiger partial charge in [-0.2, -0.15) is 10.5 Å². The number of fused-ring (bicyclic) bond motifs is 6. The molecule has 6 nitrogen and oxygen atoms in total. The van der Waals surface area contributed by atoms with Gasteiger partial charge in [0.1, 0.15) is 17.3 Å². The van der Waals surface area contributed by atoms with Crippen LogP contribution in [0.4, 0.5) is 0 Å². The van der Waals surface area contributed by atoms with Crippen molar-refractivity contribution in [2.45, 2.75) is 52.4 Å². The van der Waals surface area contributed by atoms with Gasteiger partial charge in [-0.15, -0.1) is 53.6 Å². The van der Waals surface area contributed by atoms with Gasteiger partial charge in [-0.05, 0) is 58.1 Å². The summed E-state index contributed by atoms with van der Waals surface area (Å²) in [4.78, 5) is 9.07. The zero-order valence-corrected chi connectivity index (χ0v) is 35.0. The Morgan fingerprint density at radius 3 is 2.02 bits per heavy atom. The van der Waals surface area contributed by atoms with E-state index in [0.717, 1.165) is 55.1 Å². The smallest absolute Gasteiger partial charge is 0.146 e. The van der Waals surface area contributed by atoms with Crippen LogP contribution in [0.25, 0.3) is 71.9 Å². The molecule has 0 fully saturated rings. The molecule has 0 aliphatic rings. The summed E-state index contributed by atoms with van der Waals surface area (Å²) >= 11 is 0. The maximum absolute atomic E-state index is 10.2. The predicted octanol–water partition coefficient (Wildman–Crippen LogP) is 12.4. The molecule has 9 rings (SSSR count). The topological polar surface area (TPSA) is 91.4 Å². The summed E-state index contributed by atoms with van der Waals surface area (Å²) in [5, 5.41) is 23.6. The molecule has 0 amide bonds. The predicted molar refractivity (Wildman–Crippen MR) is 225 cm³/mol. The van der Waals surface area contributed by atoms with Gasteiger partial charge in [-0.3, -0.25) is 0 Å². The number of aromatic nitrogens is 3. The quantitative estimate of drug-likeness (QED) is 0.165. The first-order valence-corrected chi connectivity index (χ1v) is 18.6. The molecule has 7 heteroatoms. The van der Waals surface area contributed by atoms with Crippen LogP contribution in [-0.4, -0.2) is 14.5 Å². The van der Waals surface area contributed by atoms with Crippen molar-refractivity contribution in [2.24, 2.45) is 0 Å². The maximum atomic E-state index is 10.2. The van der Waals surface area contributed by atoms with Gasteiger partial charge in [0.2, 0.25) is 0 Å². The zero-order valence-electron chi connectivity index (χ0n) is 32.6. The van der Waals surface area contributed by atoms with Crippen molar-refractivity contribution in [1.82, 2.24) is 14.5 Å². The molecule has 5 aromatic carbocycles. The number of nitriles is 2. The summed E-state index contributed by atoms with van der Waals surface area (Å²) in [6, 6.07) is 48.9. The van der Waals surface area contributed by atoms with Crippen molar-refractivity contribution in [3.05, 3.63) is 162 Å². The Morgan fingerprint density at radius 2 is 1.35 bits per heavy atom. The van der Waals surface area contributed by atoms with E-state index < -0.39 is 0 Å². The minimum atomic E-state index is 0. The average Bonchev–Trinajstić information content (AvgIpc) is 3.76. The van der Waals surface area contributed by atoms with Crippen molar-refractivity contribution < 1.29 is 24.5 Å². The number of benzene rings is 5. The molecule has 57 heavy (non-hydrogen) atoms. The normalized spacial score (nSPS) is 11.5. The third-order valence-corrected chi connectivity index (χ3v) is 10.2. The van der Waals surface area contributed by atoms with Crippen LogP contribution in [0.3, 0.4) is 0 Å². The van der Waals surface area contributed by atoms with Crippen LogP contribution >= 0.6 is 0 Å². The number of rotatable bonds is 3. The second-order valence-electron chi connectivity index (χ2n) is 16.0. The molecule has 281 valence electrons. The van der Waals surface area contributed by atoms with Gasteiger partial charge in [0.15, 0.2) is 0 Å². The summed E-state index contributed by atoms with van der Waals surface area (Å²) in [5.41, 5.74) is 11.2. The van der Waals surface area contributed by atoms with E-state index in [2.05, 4.69) is 112 Å². The van der Waals surface area contributed by atoms with E-state index in [-0.39, 0.29) is 30.9 Å². The number of nitrogens with zero attached hydrogens (tertiary/aromatic N) is 5. The maximum Gasteiger partial charge on any atom is 0.146 e. The van der Waals surface area contributed by atoms with Gasteiger partial charge in [-0.1, -0.05) is 107 Å². The molecule has 0 aliphatic heterocycles. The Bertz CT molecular complexity index is 2930. The van der Waals surface area contributed by atoms with Crippen LogP contribution in [0, 0.1) is 34.8 Å². The largest absolute Gasteiger partial charge is 0.498 e. The van der Waals surface area contributed by atoms with Gasteiger partial charge >= 0.3 is 0 Å². The fourth-order valence-electron chi connectivity index (χ4n) is 7.13. The monoisotopic (exact) mass is 918 g/mol. The van der Waals surface area contributed by atoms with Crippen molar-refractivity contribution in [3.8, 4) is 40.3 Å². The summed E-state index contributed by atoms with van der Waals surface area (Å²) in [5.74, 6) is 0. The number of para-hydroxylation sites is 1. The Labute approximate surface area is 346 Å². The number of furan rings is 1. The molecule has 0 saturated heterocycles. The molecule has 0 atom stereocenters. The molecule has 0 N–H and O–H groups in total. The zero-order chi connectivity index (χ0) is 39.2. The van der Waals surface area contributed by atoms with Crippen molar-refractivity contribution in [2.75, 3.05) is 0 Å². The van der Waals surface area contributed by atoms with Crippen molar-refractivity contribution in [3.63, 3.8) is 0 Å². The number of pyridine rings is 2. The van der Waals surface area contributed by atoms with E-state index in [1.807, 2.05) is 89.6 Å². The Balaban J connectivity index is 0.000000202. The first-order chi connectivity index (χ1) is 27.0. The van der Waals surface area contributed by atoms with E-state index >= 15 is 0 Å². The van der Waals surface area contributed by atoms with Crippen LogP contribution in [0.5, 0.6) is 0 Å². The van der Waals surface area contributed by atoms with Crippen LogP contribution in [0.2, 0.25) is 0 Å². The van der Waals surface area contributed by atoms with E-state index in [9.17, 15) is 10.5 Å². The second kappa shape index (κ2) is 15.3. The standard InChI is InChI=1S/C31H15N4O.C19H24N.Ir/c32-17-19-11-13-22-21-6-1-2-10-27(21)35(28(22)16-19)29-20(18-33)12-14-24-23-7-5-8-25(30(23)36-31(24)29)26-9-3-4-15-34-26;1-18(2,3)15-9-7-14(8-10-15)17-12-11-16(13-20-17)19(4,5)6;/h1-7,9-16H;7,9-13H,1-6H3;/q2*-1;. The third kappa shape index (κ3) is 7.25.